The first-order valence-electron chi connectivity index (χ1n) is 6.56. The zero-order chi connectivity index (χ0) is 12.2. The molecule has 0 radical (unpaired) electrons. The van der Waals surface area contributed by atoms with Gasteiger partial charge in [0.1, 0.15) is 0 Å². The molecule has 3 heteroatoms. The molecular formula is C13H26N2S. The van der Waals surface area contributed by atoms with Crippen molar-refractivity contribution in [2.24, 2.45) is 11.3 Å². The van der Waals surface area contributed by atoms with Gasteiger partial charge in [-0.15, -0.1) is 0 Å². The second-order valence-corrected chi connectivity index (χ2v) is 5.85. The van der Waals surface area contributed by atoms with Crippen molar-refractivity contribution in [3.8, 4) is 0 Å². The molecule has 2 nitrogen and oxygen atoms in total. The number of nitrogens with zero attached hydrogens (tertiary/aromatic N) is 1. The summed E-state index contributed by atoms with van der Waals surface area (Å²) in [5, 5.41) is 4.32. The van der Waals surface area contributed by atoms with Crippen LogP contribution < -0.4 is 5.32 Å². The van der Waals surface area contributed by atoms with Gasteiger partial charge in [-0.05, 0) is 42.8 Å². The van der Waals surface area contributed by atoms with Crippen LogP contribution in [0.25, 0.3) is 0 Å². The summed E-state index contributed by atoms with van der Waals surface area (Å²) in [5.74, 6) is 0.655. The molecule has 0 bridgehead atoms. The summed E-state index contributed by atoms with van der Waals surface area (Å²) in [6, 6.07) is 0. The molecule has 1 saturated heterocycles. The van der Waals surface area contributed by atoms with Gasteiger partial charge in [0.2, 0.25) is 0 Å². The summed E-state index contributed by atoms with van der Waals surface area (Å²) in [5.41, 5.74) is 0.517. The maximum Gasteiger partial charge on any atom is 0.168 e. The van der Waals surface area contributed by atoms with Crippen molar-refractivity contribution < 1.29 is 0 Å². The molecule has 1 N–H and O–H groups in total. The lowest BCUT2D eigenvalue weighted by atomic mass is 9.82. The molecule has 0 amide bonds. The van der Waals surface area contributed by atoms with Crippen LogP contribution in [0.3, 0.4) is 0 Å². The van der Waals surface area contributed by atoms with E-state index >= 15 is 0 Å². The van der Waals surface area contributed by atoms with E-state index in [1.54, 1.807) is 0 Å². The Morgan fingerprint density at radius 1 is 1.38 bits per heavy atom. The Labute approximate surface area is 106 Å². The molecule has 1 aliphatic rings. The smallest absolute Gasteiger partial charge is 0.168 e. The third-order valence-electron chi connectivity index (χ3n) is 3.89. The highest BCUT2D eigenvalue weighted by Gasteiger charge is 2.35. The lowest BCUT2D eigenvalue weighted by molar-refractivity contribution is 0.277. The molecule has 0 aliphatic carbocycles. The molecule has 0 aromatic rings. The van der Waals surface area contributed by atoms with Gasteiger partial charge >= 0.3 is 0 Å². The van der Waals surface area contributed by atoms with Crippen LogP contribution in [0.4, 0.5) is 0 Å². The maximum atomic E-state index is 5.45. The molecular weight excluding hydrogens is 216 g/mol. The van der Waals surface area contributed by atoms with E-state index in [0.717, 1.165) is 24.7 Å². The first kappa shape index (κ1) is 13.8. The Balaban J connectivity index is 2.43. The second kappa shape index (κ2) is 5.85. The lowest BCUT2D eigenvalue weighted by Gasteiger charge is -2.27. The Bertz CT molecular complexity index is 234. The van der Waals surface area contributed by atoms with Crippen molar-refractivity contribution in [3.05, 3.63) is 0 Å². The third kappa shape index (κ3) is 3.34. The van der Waals surface area contributed by atoms with E-state index in [1.807, 2.05) is 0 Å². The summed E-state index contributed by atoms with van der Waals surface area (Å²) in [6.45, 7) is 12.3. The minimum absolute atomic E-state index is 0.517. The number of hydrogen-bond donors (Lipinski definition) is 1. The predicted octanol–water partition coefficient (Wildman–Crippen LogP) is 3.03. The summed E-state index contributed by atoms with van der Waals surface area (Å²) in [4.78, 5) is 2.35. The molecule has 1 rings (SSSR count). The van der Waals surface area contributed by atoms with E-state index in [1.165, 1.54) is 19.3 Å². The fraction of sp³-hybridized carbons (Fsp3) is 0.923. The molecule has 0 unspecified atom stereocenters. The van der Waals surface area contributed by atoms with Crippen LogP contribution in [-0.4, -0.2) is 29.6 Å². The average Bonchev–Trinajstić information content (AvgIpc) is 2.71. The van der Waals surface area contributed by atoms with Crippen LogP contribution in [0.15, 0.2) is 0 Å². The molecule has 16 heavy (non-hydrogen) atoms. The van der Waals surface area contributed by atoms with Gasteiger partial charge < -0.3 is 10.2 Å². The van der Waals surface area contributed by atoms with Gasteiger partial charge in [-0.2, -0.15) is 0 Å². The first-order chi connectivity index (χ1) is 7.53. The van der Waals surface area contributed by atoms with Crippen molar-refractivity contribution in [3.63, 3.8) is 0 Å². The Morgan fingerprint density at radius 2 is 2.00 bits per heavy atom. The topological polar surface area (TPSA) is 15.3 Å². The number of rotatable bonds is 4. The number of hydrogen-bond acceptors (Lipinski definition) is 1. The van der Waals surface area contributed by atoms with Gasteiger partial charge in [0.05, 0.1) is 0 Å². The van der Waals surface area contributed by atoms with Gasteiger partial charge in [0.25, 0.3) is 0 Å². The van der Waals surface area contributed by atoms with E-state index in [-0.39, 0.29) is 0 Å². The zero-order valence-electron chi connectivity index (χ0n) is 11.2. The van der Waals surface area contributed by atoms with E-state index in [0.29, 0.717) is 11.3 Å². The maximum absolute atomic E-state index is 5.45. The van der Waals surface area contributed by atoms with Gasteiger partial charge in [-0.3, -0.25) is 0 Å². The third-order valence-corrected chi connectivity index (χ3v) is 4.29. The highest BCUT2D eigenvalue weighted by atomic mass is 32.1. The fourth-order valence-corrected chi connectivity index (χ4v) is 2.58. The quantitative estimate of drug-likeness (QED) is 0.763. The van der Waals surface area contributed by atoms with E-state index < -0.39 is 0 Å². The lowest BCUT2D eigenvalue weighted by Crippen LogP contribution is -2.40. The van der Waals surface area contributed by atoms with E-state index in [4.69, 9.17) is 12.2 Å². The molecule has 94 valence electrons. The van der Waals surface area contributed by atoms with Crippen molar-refractivity contribution in [1.29, 1.82) is 0 Å². The minimum Gasteiger partial charge on any atom is -0.362 e. The van der Waals surface area contributed by atoms with E-state index in [9.17, 15) is 0 Å². The number of thiocarbonyl (C=S) groups is 1. The van der Waals surface area contributed by atoms with Crippen LogP contribution in [0.5, 0.6) is 0 Å². The van der Waals surface area contributed by atoms with Crippen LogP contribution in [0.1, 0.15) is 47.0 Å². The normalized spacial score (nSPS) is 19.2. The highest BCUT2D eigenvalue weighted by molar-refractivity contribution is 7.80. The minimum atomic E-state index is 0.517. The van der Waals surface area contributed by atoms with Gasteiger partial charge in [0.15, 0.2) is 5.11 Å². The first-order valence-corrected chi connectivity index (χ1v) is 6.96. The molecule has 1 fully saturated rings. The standard InChI is InChI=1S/C13H26N2S/c1-5-13(6-2)7-8-15(10-13)12(16)14-9-11(3)4/h11H,5-10H2,1-4H3,(H,14,16). The average molecular weight is 242 g/mol. The van der Waals surface area contributed by atoms with Crippen LogP contribution in [-0.2, 0) is 0 Å². The summed E-state index contributed by atoms with van der Waals surface area (Å²) in [7, 11) is 0. The molecule has 0 aromatic carbocycles. The summed E-state index contributed by atoms with van der Waals surface area (Å²) in [6.07, 6.45) is 3.84. The molecule has 0 spiro atoms. The number of nitrogens with one attached hydrogen (secondary N) is 1. The highest BCUT2D eigenvalue weighted by Crippen LogP contribution is 2.36. The van der Waals surface area contributed by atoms with Gasteiger partial charge in [-0.1, -0.05) is 27.7 Å². The van der Waals surface area contributed by atoms with Crippen LogP contribution >= 0.6 is 12.2 Å². The largest absolute Gasteiger partial charge is 0.362 e. The monoisotopic (exact) mass is 242 g/mol. The Hall–Kier alpha value is -0.310. The Morgan fingerprint density at radius 3 is 2.44 bits per heavy atom. The molecule has 1 heterocycles. The van der Waals surface area contributed by atoms with Crippen molar-refractivity contribution >= 4 is 17.3 Å². The zero-order valence-corrected chi connectivity index (χ0v) is 12.0. The van der Waals surface area contributed by atoms with E-state index in [2.05, 4.69) is 37.9 Å². The Kier molecular flexibility index (Phi) is 5.03. The molecule has 1 aliphatic heterocycles. The van der Waals surface area contributed by atoms with Gasteiger partial charge in [0, 0.05) is 19.6 Å². The fourth-order valence-electron chi connectivity index (χ4n) is 2.34. The number of likely N-dealkylation sites (tertiary alicyclic amines) is 1. The van der Waals surface area contributed by atoms with Crippen LogP contribution in [0, 0.1) is 11.3 Å². The molecule has 0 atom stereocenters. The van der Waals surface area contributed by atoms with Crippen molar-refractivity contribution in [2.45, 2.75) is 47.0 Å². The van der Waals surface area contributed by atoms with Crippen molar-refractivity contribution in [1.82, 2.24) is 10.2 Å². The van der Waals surface area contributed by atoms with Crippen molar-refractivity contribution in [2.75, 3.05) is 19.6 Å². The van der Waals surface area contributed by atoms with Crippen LogP contribution in [0.2, 0.25) is 0 Å². The summed E-state index contributed by atoms with van der Waals surface area (Å²) >= 11 is 5.45. The predicted molar refractivity (Wildman–Crippen MR) is 74.6 cm³/mol. The molecule has 0 saturated carbocycles. The van der Waals surface area contributed by atoms with Gasteiger partial charge in [-0.25, -0.2) is 0 Å². The SMILES string of the molecule is CCC1(CC)CCN(C(=S)NCC(C)C)C1. The second-order valence-electron chi connectivity index (χ2n) is 5.46. The summed E-state index contributed by atoms with van der Waals surface area (Å²) < 4.78 is 0. The molecule has 0 aromatic heterocycles.